The van der Waals surface area contributed by atoms with Gasteiger partial charge in [-0.3, -0.25) is 0 Å². The summed E-state index contributed by atoms with van der Waals surface area (Å²) < 4.78 is 0. The Morgan fingerprint density at radius 3 is 1.73 bits per heavy atom. The molecule has 3 heteroatoms. The molecule has 0 aliphatic rings. The molecule has 0 aliphatic carbocycles. The number of benzene rings is 4. The van der Waals surface area contributed by atoms with Crippen LogP contribution >= 0.6 is 0 Å². The number of aryl methyl sites for hydroxylation is 2. The summed E-state index contributed by atoms with van der Waals surface area (Å²) in [7, 11) is 0. The number of anilines is 5. The lowest BCUT2D eigenvalue weighted by molar-refractivity contribution is 0.867. The van der Waals surface area contributed by atoms with Crippen LogP contribution in [0.5, 0.6) is 0 Å². The molecule has 4 aromatic rings. The summed E-state index contributed by atoms with van der Waals surface area (Å²) in [4.78, 5) is 2.40. The van der Waals surface area contributed by atoms with Crippen molar-refractivity contribution in [1.29, 1.82) is 0 Å². The molecule has 168 valence electrons. The minimum atomic E-state index is 0.938. The molecule has 0 bridgehead atoms. The van der Waals surface area contributed by atoms with Gasteiger partial charge in [0.1, 0.15) is 0 Å². The van der Waals surface area contributed by atoms with E-state index in [1.54, 1.807) is 0 Å². The van der Waals surface area contributed by atoms with E-state index in [-0.39, 0.29) is 0 Å². The highest BCUT2D eigenvalue weighted by Crippen LogP contribution is 2.44. The molecule has 0 aromatic heterocycles. The van der Waals surface area contributed by atoms with Crippen LogP contribution in [0.25, 0.3) is 11.1 Å². The van der Waals surface area contributed by atoms with Gasteiger partial charge in [0, 0.05) is 30.0 Å². The fourth-order valence-electron chi connectivity index (χ4n) is 4.27. The molecule has 0 unspecified atom stereocenters. The number of hydrogen-bond acceptors (Lipinski definition) is 3. The number of nitrogens with zero attached hydrogens (tertiary/aromatic N) is 1. The van der Waals surface area contributed by atoms with Gasteiger partial charge in [-0.05, 0) is 74.7 Å². The predicted octanol–water partition coefficient (Wildman–Crippen LogP) is 8.30. The Hall–Kier alpha value is -3.72. The lowest BCUT2D eigenvalue weighted by Crippen LogP contribution is -2.23. The van der Waals surface area contributed by atoms with Crippen molar-refractivity contribution < 1.29 is 0 Å². The van der Waals surface area contributed by atoms with E-state index in [0.717, 1.165) is 35.8 Å². The van der Waals surface area contributed by atoms with Crippen molar-refractivity contribution in [2.24, 2.45) is 0 Å². The first-order chi connectivity index (χ1) is 16.1. The Morgan fingerprint density at radius 2 is 1.18 bits per heavy atom. The monoisotopic (exact) mass is 435 g/mol. The largest absolute Gasteiger partial charge is 0.370 e. The van der Waals surface area contributed by atoms with Crippen molar-refractivity contribution in [3.63, 3.8) is 0 Å². The molecule has 33 heavy (non-hydrogen) atoms. The lowest BCUT2D eigenvalue weighted by Gasteiger charge is -2.28. The van der Waals surface area contributed by atoms with Gasteiger partial charge < -0.3 is 15.5 Å². The summed E-state index contributed by atoms with van der Waals surface area (Å²) in [6.45, 7) is 10.5. The van der Waals surface area contributed by atoms with Gasteiger partial charge >= 0.3 is 0 Å². The Kier molecular flexibility index (Phi) is 6.99. The second-order valence-electron chi connectivity index (χ2n) is 8.41. The third kappa shape index (κ3) is 5.20. The topological polar surface area (TPSA) is 27.3 Å². The van der Waals surface area contributed by atoms with E-state index in [1.165, 1.54) is 27.9 Å². The van der Waals surface area contributed by atoms with Crippen LogP contribution in [0.3, 0.4) is 0 Å². The molecule has 0 amide bonds. The molecular formula is C30H33N3. The van der Waals surface area contributed by atoms with E-state index in [4.69, 9.17) is 0 Å². The second-order valence-corrected chi connectivity index (χ2v) is 8.41. The summed E-state index contributed by atoms with van der Waals surface area (Å²) in [6.07, 6.45) is 0. The Bertz CT molecular complexity index is 1210. The van der Waals surface area contributed by atoms with Gasteiger partial charge in [0.2, 0.25) is 0 Å². The van der Waals surface area contributed by atoms with Crippen molar-refractivity contribution in [2.75, 3.05) is 28.6 Å². The van der Waals surface area contributed by atoms with Crippen molar-refractivity contribution in [3.05, 3.63) is 102 Å². The molecular weight excluding hydrogens is 402 g/mol. The third-order valence-corrected chi connectivity index (χ3v) is 5.95. The minimum Gasteiger partial charge on any atom is -0.370 e. The van der Waals surface area contributed by atoms with Crippen molar-refractivity contribution in [2.45, 2.75) is 27.7 Å². The third-order valence-electron chi connectivity index (χ3n) is 5.95. The summed E-state index contributed by atoms with van der Waals surface area (Å²) in [5, 5.41) is 7.54. The summed E-state index contributed by atoms with van der Waals surface area (Å²) in [5.41, 5.74) is 10.3. The highest BCUT2D eigenvalue weighted by Gasteiger charge is 2.18. The molecule has 0 heterocycles. The van der Waals surface area contributed by atoms with Gasteiger partial charge in [-0.1, -0.05) is 60.7 Å². The lowest BCUT2D eigenvalue weighted by atomic mass is 10.00. The maximum Gasteiger partial charge on any atom is 0.0867 e. The van der Waals surface area contributed by atoms with Crippen molar-refractivity contribution in [1.82, 2.24) is 0 Å². The van der Waals surface area contributed by atoms with Crippen molar-refractivity contribution in [3.8, 4) is 11.1 Å². The molecule has 0 aliphatic heterocycles. The summed E-state index contributed by atoms with van der Waals surface area (Å²) >= 11 is 0. The standard InChI is InChI=1S/C30H33N3/c1-5-33(6-2)28-19-18-27(24-14-8-7-9-15-24)29(31-25-16-10-12-22(3)20-25)30(28)32-26-17-11-13-23(4)21-26/h7-21,31-32H,5-6H2,1-4H3. The molecule has 2 N–H and O–H groups in total. The molecule has 0 saturated carbocycles. The van der Waals surface area contributed by atoms with Gasteiger partial charge in [0.15, 0.2) is 0 Å². The van der Waals surface area contributed by atoms with Crippen LogP contribution in [-0.2, 0) is 0 Å². The zero-order chi connectivity index (χ0) is 23.2. The van der Waals surface area contributed by atoms with Crippen LogP contribution in [0.15, 0.2) is 91.0 Å². The highest BCUT2D eigenvalue weighted by molar-refractivity contribution is 5.98. The first kappa shape index (κ1) is 22.5. The number of hydrogen-bond donors (Lipinski definition) is 2. The van der Waals surface area contributed by atoms with E-state index >= 15 is 0 Å². The molecule has 4 aromatic carbocycles. The van der Waals surface area contributed by atoms with Gasteiger partial charge in [-0.25, -0.2) is 0 Å². The van der Waals surface area contributed by atoms with Crippen LogP contribution in [-0.4, -0.2) is 13.1 Å². The average molecular weight is 436 g/mol. The Balaban J connectivity index is 1.95. The van der Waals surface area contributed by atoms with E-state index in [0.29, 0.717) is 0 Å². The minimum absolute atomic E-state index is 0.938. The maximum absolute atomic E-state index is 3.77. The summed E-state index contributed by atoms with van der Waals surface area (Å²) in [6, 6.07) is 32.2. The SMILES string of the molecule is CCN(CC)c1ccc(-c2ccccc2)c(Nc2cccc(C)c2)c1Nc1cccc(C)c1. The number of rotatable bonds is 8. The fraction of sp³-hybridized carbons (Fsp3) is 0.200. The second kappa shape index (κ2) is 10.3. The first-order valence-electron chi connectivity index (χ1n) is 11.7. The Labute approximate surface area is 198 Å². The zero-order valence-electron chi connectivity index (χ0n) is 20.0. The molecule has 0 atom stereocenters. The van der Waals surface area contributed by atoms with E-state index in [9.17, 15) is 0 Å². The fourth-order valence-corrected chi connectivity index (χ4v) is 4.27. The average Bonchev–Trinajstić information content (AvgIpc) is 2.82. The highest BCUT2D eigenvalue weighted by atomic mass is 15.1. The van der Waals surface area contributed by atoms with Crippen LogP contribution in [0, 0.1) is 13.8 Å². The van der Waals surface area contributed by atoms with Crippen LogP contribution in [0.2, 0.25) is 0 Å². The smallest absolute Gasteiger partial charge is 0.0867 e. The van der Waals surface area contributed by atoms with Gasteiger partial charge in [-0.2, -0.15) is 0 Å². The van der Waals surface area contributed by atoms with Crippen LogP contribution < -0.4 is 15.5 Å². The van der Waals surface area contributed by atoms with Crippen molar-refractivity contribution >= 4 is 28.4 Å². The quantitative estimate of drug-likeness (QED) is 0.291. The van der Waals surface area contributed by atoms with E-state index in [2.05, 4.69) is 134 Å². The summed E-state index contributed by atoms with van der Waals surface area (Å²) in [5.74, 6) is 0. The molecule has 0 spiro atoms. The van der Waals surface area contributed by atoms with E-state index < -0.39 is 0 Å². The Morgan fingerprint density at radius 1 is 0.606 bits per heavy atom. The van der Waals surface area contributed by atoms with Gasteiger partial charge in [0.25, 0.3) is 0 Å². The van der Waals surface area contributed by atoms with Gasteiger partial charge in [0.05, 0.1) is 17.1 Å². The maximum atomic E-state index is 3.77. The normalized spacial score (nSPS) is 10.7. The van der Waals surface area contributed by atoms with E-state index in [1.807, 2.05) is 0 Å². The predicted molar refractivity (Wildman–Crippen MR) is 144 cm³/mol. The molecule has 0 saturated heterocycles. The zero-order valence-corrected chi connectivity index (χ0v) is 20.0. The number of nitrogens with one attached hydrogen (secondary N) is 2. The van der Waals surface area contributed by atoms with Crippen LogP contribution in [0.4, 0.5) is 28.4 Å². The van der Waals surface area contributed by atoms with Gasteiger partial charge in [-0.15, -0.1) is 0 Å². The molecule has 0 fully saturated rings. The van der Waals surface area contributed by atoms with Crippen LogP contribution in [0.1, 0.15) is 25.0 Å². The molecule has 0 radical (unpaired) electrons. The molecule has 4 rings (SSSR count). The first-order valence-corrected chi connectivity index (χ1v) is 11.7. The molecule has 3 nitrogen and oxygen atoms in total.